The largest absolute Gasteiger partial charge is 0.494 e. The lowest BCUT2D eigenvalue weighted by atomic mass is 10.2. The van der Waals surface area contributed by atoms with Crippen molar-refractivity contribution in [3.63, 3.8) is 0 Å². The summed E-state index contributed by atoms with van der Waals surface area (Å²) in [6.45, 7) is 1.92. The first-order valence-electron chi connectivity index (χ1n) is 6.62. The van der Waals surface area contributed by atoms with Crippen molar-refractivity contribution in [1.82, 2.24) is 0 Å². The highest BCUT2D eigenvalue weighted by Gasteiger charge is 2.19. The molecule has 7 heteroatoms. The predicted molar refractivity (Wildman–Crippen MR) is 80.7 cm³/mol. The Kier molecular flexibility index (Phi) is 4.99. The summed E-state index contributed by atoms with van der Waals surface area (Å²) < 4.78 is 45.6. The summed E-state index contributed by atoms with van der Waals surface area (Å²) in [6.07, 6.45) is 0. The molecule has 0 aromatic heterocycles. The molecule has 0 saturated carbocycles. The summed E-state index contributed by atoms with van der Waals surface area (Å²) in [5.74, 6) is -0.359. The second-order valence-corrected chi connectivity index (χ2v) is 6.10. The van der Waals surface area contributed by atoms with Crippen molar-refractivity contribution in [3.8, 4) is 5.75 Å². The number of anilines is 1. The van der Waals surface area contributed by atoms with Gasteiger partial charge in [-0.25, -0.2) is 12.8 Å². The number of aliphatic hydroxyl groups is 1. The molecule has 5 nitrogen and oxygen atoms in total. The van der Waals surface area contributed by atoms with Crippen molar-refractivity contribution in [2.24, 2.45) is 0 Å². The Labute approximate surface area is 128 Å². The molecule has 2 aromatic rings. The number of benzene rings is 2. The number of halogens is 1. The zero-order chi connectivity index (χ0) is 16.2. The SMILES string of the molecule is CCOc1ccc(NS(=O)(=O)c2ccccc2F)cc1CO. The second-order valence-electron chi connectivity index (χ2n) is 4.45. The van der Waals surface area contributed by atoms with Crippen LogP contribution < -0.4 is 9.46 Å². The van der Waals surface area contributed by atoms with E-state index in [9.17, 15) is 17.9 Å². The maximum absolute atomic E-state index is 13.6. The van der Waals surface area contributed by atoms with E-state index in [1.165, 1.54) is 30.3 Å². The highest BCUT2D eigenvalue weighted by atomic mass is 32.2. The number of hydrogen-bond donors (Lipinski definition) is 2. The van der Waals surface area contributed by atoms with E-state index >= 15 is 0 Å². The minimum absolute atomic E-state index is 0.218. The van der Waals surface area contributed by atoms with Crippen molar-refractivity contribution < 1.29 is 22.7 Å². The molecule has 0 bridgehead atoms. The maximum Gasteiger partial charge on any atom is 0.264 e. The molecule has 0 aliphatic heterocycles. The smallest absolute Gasteiger partial charge is 0.264 e. The van der Waals surface area contributed by atoms with Gasteiger partial charge in [-0.05, 0) is 37.3 Å². The van der Waals surface area contributed by atoms with E-state index in [1.807, 2.05) is 0 Å². The minimum atomic E-state index is -4.04. The van der Waals surface area contributed by atoms with E-state index in [0.29, 0.717) is 17.9 Å². The van der Waals surface area contributed by atoms with Crippen LogP contribution in [0.1, 0.15) is 12.5 Å². The van der Waals surface area contributed by atoms with Gasteiger partial charge in [-0.3, -0.25) is 4.72 Å². The first-order valence-corrected chi connectivity index (χ1v) is 8.10. The highest BCUT2D eigenvalue weighted by molar-refractivity contribution is 7.92. The van der Waals surface area contributed by atoms with Gasteiger partial charge in [-0.2, -0.15) is 0 Å². The number of aliphatic hydroxyl groups excluding tert-OH is 1. The van der Waals surface area contributed by atoms with Crippen LogP contribution in [0, 0.1) is 5.82 Å². The van der Waals surface area contributed by atoms with E-state index in [1.54, 1.807) is 13.0 Å². The zero-order valence-corrected chi connectivity index (χ0v) is 12.7. The Bertz CT molecular complexity index is 762. The summed E-state index contributed by atoms with van der Waals surface area (Å²) in [6, 6.07) is 9.59. The van der Waals surface area contributed by atoms with Gasteiger partial charge in [0.1, 0.15) is 16.5 Å². The molecule has 0 fully saturated rings. The fraction of sp³-hybridized carbons (Fsp3) is 0.200. The van der Waals surface area contributed by atoms with Gasteiger partial charge in [-0.15, -0.1) is 0 Å². The third-order valence-electron chi connectivity index (χ3n) is 2.91. The van der Waals surface area contributed by atoms with E-state index in [2.05, 4.69) is 4.72 Å². The normalized spacial score (nSPS) is 11.2. The maximum atomic E-state index is 13.6. The molecule has 0 heterocycles. The standard InChI is InChI=1S/C15H16FNO4S/c1-2-21-14-8-7-12(9-11(14)10-18)17-22(19,20)15-6-4-3-5-13(15)16/h3-9,17-18H,2,10H2,1H3. The van der Waals surface area contributed by atoms with E-state index in [0.717, 1.165) is 6.07 Å². The Morgan fingerprint density at radius 1 is 1.23 bits per heavy atom. The van der Waals surface area contributed by atoms with Crippen molar-refractivity contribution in [2.75, 3.05) is 11.3 Å². The van der Waals surface area contributed by atoms with Gasteiger partial charge < -0.3 is 9.84 Å². The van der Waals surface area contributed by atoms with Crippen LogP contribution in [0.15, 0.2) is 47.4 Å². The lowest BCUT2D eigenvalue weighted by molar-refractivity contribution is 0.267. The summed E-state index contributed by atoms with van der Waals surface area (Å²) in [5.41, 5.74) is 0.659. The molecule has 118 valence electrons. The molecule has 2 rings (SSSR count). The topological polar surface area (TPSA) is 75.6 Å². The Morgan fingerprint density at radius 3 is 2.59 bits per heavy atom. The monoisotopic (exact) mass is 325 g/mol. The minimum Gasteiger partial charge on any atom is -0.494 e. The third-order valence-corrected chi connectivity index (χ3v) is 4.32. The van der Waals surface area contributed by atoms with Crippen molar-refractivity contribution in [2.45, 2.75) is 18.4 Å². The fourth-order valence-corrected chi connectivity index (χ4v) is 3.07. The summed E-state index contributed by atoms with van der Waals surface area (Å²) in [4.78, 5) is -0.436. The lowest BCUT2D eigenvalue weighted by Crippen LogP contribution is -2.14. The van der Waals surface area contributed by atoms with Crippen molar-refractivity contribution in [3.05, 3.63) is 53.8 Å². The van der Waals surface area contributed by atoms with Crippen LogP contribution in [0.4, 0.5) is 10.1 Å². The summed E-state index contributed by atoms with van der Waals surface area (Å²) in [7, 11) is -4.04. The predicted octanol–water partition coefficient (Wildman–Crippen LogP) is 2.52. The number of sulfonamides is 1. The van der Waals surface area contributed by atoms with Gasteiger partial charge in [-0.1, -0.05) is 12.1 Å². The van der Waals surface area contributed by atoms with Crippen LogP contribution in [0.2, 0.25) is 0 Å². The molecule has 2 N–H and O–H groups in total. The van der Waals surface area contributed by atoms with Crippen molar-refractivity contribution >= 4 is 15.7 Å². The Balaban J connectivity index is 2.32. The van der Waals surface area contributed by atoms with Gasteiger partial charge in [0.2, 0.25) is 0 Å². The number of hydrogen-bond acceptors (Lipinski definition) is 4. The molecule has 0 atom stereocenters. The van der Waals surface area contributed by atoms with Gasteiger partial charge in [0.15, 0.2) is 0 Å². The average molecular weight is 325 g/mol. The van der Waals surface area contributed by atoms with Crippen LogP contribution in [0.3, 0.4) is 0 Å². The number of ether oxygens (including phenoxy) is 1. The summed E-state index contributed by atoms with van der Waals surface area (Å²) in [5, 5.41) is 9.31. The number of nitrogens with one attached hydrogen (secondary N) is 1. The van der Waals surface area contributed by atoms with Crippen LogP contribution in [0.25, 0.3) is 0 Å². The first kappa shape index (κ1) is 16.3. The van der Waals surface area contributed by atoms with Gasteiger partial charge in [0.25, 0.3) is 10.0 Å². The molecular weight excluding hydrogens is 309 g/mol. The fourth-order valence-electron chi connectivity index (χ4n) is 1.94. The van der Waals surface area contributed by atoms with Crippen LogP contribution >= 0.6 is 0 Å². The van der Waals surface area contributed by atoms with Crippen LogP contribution in [0.5, 0.6) is 5.75 Å². The van der Waals surface area contributed by atoms with Gasteiger partial charge in [0, 0.05) is 11.3 Å². The van der Waals surface area contributed by atoms with E-state index in [4.69, 9.17) is 4.74 Å². The second kappa shape index (κ2) is 6.76. The van der Waals surface area contributed by atoms with Crippen molar-refractivity contribution in [1.29, 1.82) is 0 Å². The molecular formula is C15H16FNO4S. The van der Waals surface area contributed by atoms with Gasteiger partial charge in [0.05, 0.1) is 13.2 Å². The summed E-state index contributed by atoms with van der Waals surface area (Å²) >= 11 is 0. The lowest BCUT2D eigenvalue weighted by Gasteiger charge is -2.12. The first-order chi connectivity index (χ1) is 10.5. The number of rotatable bonds is 6. The highest BCUT2D eigenvalue weighted by Crippen LogP contribution is 2.25. The molecule has 0 radical (unpaired) electrons. The molecule has 0 spiro atoms. The van der Waals surface area contributed by atoms with E-state index in [-0.39, 0.29) is 12.3 Å². The van der Waals surface area contributed by atoms with Crippen LogP contribution in [-0.4, -0.2) is 20.1 Å². The molecule has 0 amide bonds. The molecule has 0 aliphatic carbocycles. The van der Waals surface area contributed by atoms with Crippen LogP contribution in [-0.2, 0) is 16.6 Å². The average Bonchev–Trinajstić information content (AvgIpc) is 2.49. The quantitative estimate of drug-likeness (QED) is 0.856. The zero-order valence-electron chi connectivity index (χ0n) is 11.9. The molecule has 2 aromatic carbocycles. The molecule has 0 aliphatic rings. The molecule has 22 heavy (non-hydrogen) atoms. The van der Waals surface area contributed by atoms with Gasteiger partial charge >= 0.3 is 0 Å². The third kappa shape index (κ3) is 3.55. The molecule has 0 unspecified atom stereocenters. The van der Waals surface area contributed by atoms with E-state index < -0.39 is 20.7 Å². The Morgan fingerprint density at radius 2 is 1.95 bits per heavy atom. The Hall–Kier alpha value is -2.12. The molecule has 0 saturated heterocycles.